The predicted octanol–water partition coefficient (Wildman–Crippen LogP) is 14.1. The molecular formula is C48H50F6N4O7P2. The highest BCUT2D eigenvalue weighted by Gasteiger charge is 2.33. The van der Waals surface area contributed by atoms with Gasteiger partial charge in [-0.2, -0.15) is 31.6 Å². The number of alkyl halides is 6. The van der Waals surface area contributed by atoms with Crippen molar-refractivity contribution in [1.82, 2.24) is 9.13 Å². The molecule has 0 radical (unpaired) electrons. The summed E-state index contributed by atoms with van der Waals surface area (Å²) in [4.78, 5) is 14.1. The van der Waals surface area contributed by atoms with Gasteiger partial charge in [0.15, 0.2) is 6.29 Å². The number of nitriles is 1. The first-order chi connectivity index (χ1) is 31.7. The van der Waals surface area contributed by atoms with Gasteiger partial charge in [0, 0.05) is 58.4 Å². The van der Waals surface area contributed by atoms with Gasteiger partial charge in [0.05, 0.1) is 37.6 Å². The lowest BCUT2D eigenvalue weighted by atomic mass is 10.1. The van der Waals surface area contributed by atoms with E-state index in [-0.39, 0.29) is 37.9 Å². The van der Waals surface area contributed by atoms with Crippen LogP contribution in [-0.4, -0.2) is 48.1 Å². The number of hydrogen-bond acceptors (Lipinski definition) is 8. The van der Waals surface area contributed by atoms with E-state index in [2.05, 4.69) is 4.85 Å². The monoisotopic (exact) mass is 970 g/mol. The molecule has 0 saturated heterocycles. The van der Waals surface area contributed by atoms with Crippen LogP contribution in [0, 0.1) is 31.8 Å². The summed E-state index contributed by atoms with van der Waals surface area (Å²) in [6.45, 7) is 17.8. The summed E-state index contributed by atoms with van der Waals surface area (Å²) in [5.41, 5.74) is 3.47. The van der Waals surface area contributed by atoms with E-state index < -0.39 is 38.7 Å². The lowest BCUT2D eigenvalue weighted by Gasteiger charge is -2.15. The molecule has 67 heavy (non-hydrogen) atoms. The third kappa shape index (κ3) is 14.6. The maximum absolute atomic E-state index is 13.3. The van der Waals surface area contributed by atoms with Gasteiger partial charge in [-0.25, -0.2) is 6.57 Å². The minimum absolute atomic E-state index is 0.104. The summed E-state index contributed by atoms with van der Waals surface area (Å²) in [6, 6.07) is 24.5. The van der Waals surface area contributed by atoms with Crippen LogP contribution in [0.1, 0.15) is 77.0 Å². The highest BCUT2D eigenvalue weighted by Crippen LogP contribution is 2.56. The lowest BCUT2D eigenvalue weighted by molar-refractivity contribution is -0.138. The maximum Gasteiger partial charge on any atom is 0.416 e. The average molecular weight is 971 g/mol. The predicted molar refractivity (Wildman–Crippen MR) is 247 cm³/mol. The number of aldehydes is 1. The molecule has 0 spiro atoms. The number of carbonyl (C=O) groups excluding carboxylic acids is 1. The molecule has 4 aromatic carbocycles. The summed E-state index contributed by atoms with van der Waals surface area (Å²) in [7, 11) is -6.87. The van der Waals surface area contributed by atoms with Crippen LogP contribution < -0.4 is 0 Å². The molecule has 0 aliphatic heterocycles. The molecule has 2 heterocycles. The van der Waals surface area contributed by atoms with E-state index in [1.54, 1.807) is 75.2 Å². The Balaban J connectivity index is 0.000000249. The number of nitrogens with zero attached hydrogens (tertiary/aromatic N) is 4. The molecule has 0 bridgehead atoms. The van der Waals surface area contributed by atoms with Crippen LogP contribution in [0.25, 0.3) is 32.7 Å². The summed E-state index contributed by atoms with van der Waals surface area (Å²) in [5, 5.41) is 11.1. The van der Waals surface area contributed by atoms with Crippen molar-refractivity contribution in [2.45, 2.75) is 67.0 Å². The number of aryl methyl sites for hydroxylation is 2. The number of rotatable bonds is 16. The Morgan fingerprint density at radius 1 is 0.687 bits per heavy atom. The van der Waals surface area contributed by atoms with E-state index in [9.17, 15) is 45.5 Å². The van der Waals surface area contributed by atoms with Crippen molar-refractivity contribution in [2.24, 2.45) is 0 Å². The minimum Gasteiger partial charge on any atom is -0.342 e. The molecular weight excluding hydrogens is 920 g/mol. The number of allylic oxidation sites excluding steroid dienone is 1. The van der Waals surface area contributed by atoms with Gasteiger partial charge in [0.2, 0.25) is 0 Å². The van der Waals surface area contributed by atoms with Crippen molar-refractivity contribution < 1.29 is 58.4 Å². The largest absolute Gasteiger partial charge is 0.416 e. The van der Waals surface area contributed by atoms with Crippen molar-refractivity contribution in [3.8, 4) is 6.07 Å². The quantitative estimate of drug-likeness (QED) is 0.0309. The summed E-state index contributed by atoms with van der Waals surface area (Å²) < 4.78 is 127. The van der Waals surface area contributed by atoms with E-state index in [0.717, 1.165) is 52.4 Å². The van der Waals surface area contributed by atoms with Crippen LogP contribution in [0.3, 0.4) is 0 Å². The molecule has 0 N–H and O–H groups in total. The van der Waals surface area contributed by atoms with E-state index >= 15 is 0 Å². The standard InChI is InChI=1S/C24H24F3N2O3P.C18H14F3NO.C6H12NO3P/c1-4-31-33(30,32-5-2)21(14-28)13-19-16-29(23-9-7-6-8-22(19)23)15-18-10-17(3)11-20(12-18)24(25,26)27;1-12-6-13(8-15(7-12)18(19,20)21)9-22-10-14(11-23)16-4-2-3-5-17(16)22;1-4-9-11(8,6-7-3)10-5-2/h6-13,16H,4-5,15H2,1-3H3;2-8,10-11H,9H2,1H3;4-6H2,1-2H3/b21-13+;;. The smallest absolute Gasteiger partial charge is 0.342 e. The molecule has 0 saturated carbocycles. The maximum atomic E-state index is 13.3. The molecule has 2 aromatic heterocycles. The van der Waals surface area contributed by atoms with Gasteiger partial charge < -0.3 is 32.1 Å². The number of benzene rings is 4. The van der Waals surface area contributed by atoms with Gasteiger partial charge in [-0.05, 0) is 95.1 Å². The number of aromatic nitrogens is 2. The fraction of sp³-hybridized carbons (Fsp3) is 0.312. The minimum atomic E-state index is -4.44. The van der Waals surface area contributed by atoms with Gasteiger partial charge in [0.1, 0.15) is 11.4 Å². The number of hydrogen-bond donors (Lipinski definition) is 0. The second-order valence-electron chi connectivity index (χ2n) is 14.7. The molecule has 0 amide bonds. The zero-order chi connectivity index (χ0) is 49.6. The zero-order valence-corrected chi connectivity index (χ0v) is 39.4. The highest BCUT2D eigenvalue weighted by molar-refractivity contribution is 7.59. The fourth-order valence-electron chi connectivity index (χ4n) is 7.08. The zero-order valence-electron chi connectivity index (χ0n) is 37.7. The first-order valence-electron chi connectivity index (χ1n) is 20.9. The Morgan fingerprint density at radius 2 is 1.10 bits per heavy atom. The van der Waals surface area contributed by atoms with Crippen LogP contribution in [0.15, 0.2) is 103 Å². The summed E-state index contributed by atoms with van der Waals surface area (Å²) in [5.74, 6) is 0. The molecule has 0 fully saturated rings. The molecule has 0 unspecified atom stereocenters. The normalized spacial score (nSPS) is 12.2. The van der Waals surface area contributed by atoms with Crippen molar-refractivity contribution in [3.63, 3.8) is 0 Å². The molecule has 0 atom stereocenters. The molecule has 0 aliphatic carbocycles. The second kappa shape index (κ2) is 23.8. The highest BCUT2D eigenvalue weighted by atomic mass is 31.2. The number of halogens is 6. The van der Waals surface area contributed by atoms with E-state index in [4.69, 9.17) is 24.7 Å². The van der Waals surface area contributed by atoms with Crippen molar-refractivity contribution in [1.29, 1.82) is 5.26 Å². The van der Waals surface area contributed by atoms with E-state index in [1.165, 1.54) is 6.08 Å². The summed E-state index contributed by atoms with van der Waals surface area (Å²) >= 11 is 0. The molecule has 19 heteroatoms. The Labute approximate surface area is 385 Å². The number of fused-ring (bicyclic) bond motifs is 2. The topological polar surface area (TPSA) is 126 Å². The van der Waals surface area contributed by atoms with E-state index in [0.29, 0.717) is 46.6 Å². The first-order valence-corrected chi connectivity index (χ1v) is 24.1. The van der Waals surface area contributed by atoms with Crippen LogP contribution >= 0.6 is 15.2 Å². The van der Waals surface area contributed by atoms with Gasteiger partial charge >= 0.3 is 33.8 Å². The van der Waals surface area contributed by atoms with Crippen LogP contribution in [0.4, 0.5) is 26.3 Å². The SMILES string of the molecule is CCOP(=O)(OCC)/C(C#N)=C/c1cn(Cc2cc(C)cc(C(F)(F)F)c2)c2ccccc12.Cc1cc(Cn2cc(C=O)c3ccccc32)cc(C(F)(F)F)c1.[C-]#[N+]CP(=O)(OCC)OCC. The number of para-hydroxylation sites is 2. The van der Waals surface area contributed by atoms with E-state index in [1.807, 2.05) is 54.6 Å². The van der Waals surface area contributed by atoms with Gasteiger partial charge in [-0.15, -0.1) is 0 Å². The van der Waals surface area contributed by atoms with Crippen molar-refractivity contribution >= 4 is 49.4 Å². The van der Waals surface area contributed by atoms with Crippen molar-refractivity contribution in [2.75, 3.05) is 32.7 Å². The fourth-order valence-corrected chi connectivity index (χ4v) is 9.73. The molecule has 6 aromatic rings. The molecule has 356 valence electrons. The third-order valence-corrected chi connectivity index (χ3v) is 13.4. The Kier molecular flexibility index (Phi) is 19.1. The second-order valence-corrected chi connectivity index (χ2v) is 18.7. The van der Waals surface area contributed by atoms with Crippen LogP contribution in [0.2, 0.25) is 0 Å². The van der Waals surface area contributed by atoms with Crippen molar-refractivity contribution in [3.05, 3.63) is 159 Å². The Hall–Kier alpha value is -5.77. The first kappa shape index (κ1) is 53.8. The molecule has 6 rings (SSSR count). The average Bonchev–Trinajstić information content (AvgIpc) is 3.79. The van der Waals surface area contributed by atoms with Gasteiger partial charge in [0.25, 0.3) is 0 Å². The Bertz CT molecular complexity index is 2850. The third-order valence-electron chi connectivity index (χ3n) is 9.60. The van der Waals surface area contributed by atoms with Gasteiger partial charge in [-0.1, -0.05) is 59.7 Å². The Morgan fingerprint density at radius 3 is 1.49 bits per heavy atom. The molecule has 11 nitrogen and oxygen atoms in total. The van der Waals surface area contributed by atoms with Gasteiger partial charge in [-0.3, -0.25) is 13.9 Å². The van der Waals surface area contributed by atoms with Crippen LogP contribution in [0.5, 0.6) is 0 Å². The molecule has 0 aliphatic rings. The summed E-state index contributed by atoms with van der Waals surface area (Å²) in [6.07, 6.45) is -3.37. The van der Waals surface area contributed by atoms with Crippen LogP contribution in [-0.2, 0) is 52.7 Å². The number of carbonyl (C=O) groups is 1. The lowest BCUT2D eigenvalue weighted by Crippen LogP contribution is -2.07.